The van der Waals surface area contributed by atoms with Crippen molar-refractivity contribution < 1.29 is 9.59 Å². The summed E-state index contributed by atoms with van der Waals surface area (Å²) < 4.78 is 0. The van der Waals surface area contributed by atoms with Crippen molar-refractivity contribution in [2.24, 2.45) is 5.92 Å². The zero-order valence-electron chi connectivity index (χ0n) is 14.4. The molecule has 2 aliphatic rings. The average molecular weight is 329 g/mol. The Morgan fingerprint density at radius 2 is 1.92 bits per heavy atom. The maximum atomic E-state index is 12.7. The molecule has 2 N–H and O–H groups in total. The highest BCUT2D eigenvalue weighted by molar-refractivity contribution is 5.98. The average Bonchev–Trinajstić information content (AvgIpc) is 2.99. The first-order valence-electron chi connectivity index (χ1n) is 9.06. The molecule has 130 valence electrons. The molecule has 3 rings (SSSR count). The molecule has 1 aromatic rings. The summed E-state index contributed by atoms with van der Waals surface area (Å²) in [5, 5.41) is 6.35. The van der Waals surface area contributed by atoms with Crippen LogP contribution in [0.15, 0.2) is 18.2 Å². The number of carbonyl (C=O) groups excluding carboxylic acids is 2. The van der Waals surface area contributed by atoms with E-state index in [2.05, 4.69) is 10.6 Å². The van der Waals surface area contributed by atoms with Gasteiger partial charge in [0.1, 0.15) is 0 Å². The van der Waals surface area contributed by atoms with Gasteiger partial charge in [-0.1, -0.05) is 18.9 Å². The van der Waals surface area contributed by atoms with Crippen molar-refractivity contribution in [3.05, 3.63) is 29.3 Å². The Bertz CT molecular complexity index is 601. The summed E-state index contributed by atoms with van der Waals surface area (Å²) in [6.45, 7) is 5.28. The van der Waals surface area contributed by atoms with E-state index >= 15 is 0 Å². The van der Waals surface area contributed by atoms with E-state index in [1.807, 2.05) is 30.0 Å². The first kappa shape index (κ1) is 17.0. The quantitative estimate of drug-likeness (QED) is 0.896. The lowest BCUT2D eigenvalue weighted by Crippen LogP contribution is -2.34. The monoisotopic (exact) mass is 329 g/mol. The first-order chi connectivity index (χ1) is 11.6. The highest BCUT2D eigenvalue weighted by Gasteiger charge is 2.24. The predicted octanol–water partition coefficient (Wildman–Crippen LogP) is 2.56. The van der Waals surface area contributed by atoms with Gasteiger partial charge in [0.2, 0.25) is 5.91 Å². The molecule has 0 unspecified atom stereocenters. The molecule has 1 aromatic carbocycles. The third-order valence-corrected chi connectivity index (χ3v) is 5.10. The lowest BCUT2D eigenvalue weighted by atomic mass is 10.1. The number of anilines is 1. The minimum atomic E-state index is 0.0510. The summed E-state index contributed by atoms with van der Waals surface area (Å²) in [7, 11) is 0. The summed E-state index contributed by atoms with van der Waals surface area (Å²) in [5.41, 5.74) is 2.42. The normalized spacial score (nSPS) is 19.1. The molecule has 1 saturated heterocycles. The molecule has 0 spiro atoms. The Morgan fingerprint density at radius 3 is 2.71 bits per heavy atom. The second kappa shape index (κ2) is 7.79. The van der Waals surface area contributed by atoms with Crippen molar-refractivity contribution >= 4 is 17.5 Å². The minimum absolute atomic E-state index is 0.0510. The Balaban J connectivity index is 1.72. The van der Waals surface area contributed by atoms with Crippen molar-refractivity contribution in [2.75, 3.05) is 31.5 Å². The Kier molecular flexibility index (Phi) is 5.51. The number of aryl methyl sites for hydroxylation is 1. The number of amides is 2. The fraction of sp³-hybridized carbons (Fsp3) is 0.579. The topological polar surface area (TPSA) is 61.4 Å². The van der Waals surface area contributed by atoms with Gasteiger partial charge in [0.05, 0.1) is 0 Å². The number of nitrogens with one attached hydrogen (secondary N) is 2. The molecule has 1 aliphatic heterocycles. The van der Waals surface area contributed by atoms with E-state index in [9.17, 15) is 9.59 Å². The van der Waals surface area contributed by atoms with Crippen molar-refractivity contribution in [1.82, 2.24) is 10.2 Å². The van der Waals surface area contributed by atoms with Crippen LogP contribution >= 0.6 is 0 Å². The highest BCUT2D eigenvalue weighted by atomic mass is 16.2. The van der Waals surface area contributed by atoms with Gasteiger partial charge < -0.3 is 15.5 Å². The largest absolute Gasteiger partial charge is 0.337 e. The van der Waals surface area contributed by atoms with E-state index < -0.39 is 0 Å². The van der Waals surface area contributed by atoms with Crippen molar-refractivity contribution in [2.45, 2.75) is 39.0 Å². The number of benzene rings is 1. The molecule has 1 saturated carbocycles. The van der Waals surface area contributed by atoms with Crippen LogP contribution in [0.25, 0.3) is 0 Å². The predicted molar refractivity (Wildman–Crippen MR) is 95.2 cm³/mol. The number of rotatable bonds is 3. The minimum Gasteiger partial charge on any atom is -0.337 e. The van der Waals surface area contributed by atoms with E-state index in [-0.39, 0.29) is 17.7 Å². The fourth-order valence-corrected chi connectivity index (χ4v) is 3.54. The first-order valence-corrected chi connectivity index (χ1v) is 9.06. The maximum absolute atomic E-state index is 12.7. The van der Waals surface area contributed by atoms with Crippen LogP contribution in [0, 0.1) is 12.8 Å². The standard InChI is InChI=1S/C19H27N3O2/c1-14-7-8-16(19(24)22-11-4-9-20-10-12-22)13-17(14)21-18(23)15-5-2-3-6-15/h7-8,13,15,20H,2-6,9-12H2,1H3,(H,21,23). The van der Waals surface area contributed by atoms with Crippen LogP contribution in [-0.2, 0) is 4.79 Å². The van der Waals surface area contributed by atoms with Gasteiger partial charge in [-0.2, -0.15) is 0 Å². The van der Waals surface area contributed by atoms with E-state index in [4.69, 9.17) is 0 Å². The maximum Gasteiger partial charge on any atom is 0.253 e. The van der Waals surface area contributed by atoms with Crippen molar-refractivity contribution in [3.63, 3.8) is 0 Å². The van der Waals surface area contributed by atoms with Gasteiger partial charge in [0.25, 0.3) is 5.91 Å². The van der Waals surface area contributed by atoms with Crippen LogP contribution in [0.2, 0.25) is 0 Å². The second-order valence-corrected chi connectivity index (χ2v) is 6.90. The zero-order valence-corrected chi connectivity index (χ0v) is 14.4. The summed E-state index contributed by atoms with van der Waals surface area (Å²) in [6.07, 6.45) is 5.20. The SMILES string of the molecule is Cc1ccc(C(=O)N2CCCNCC2)cc1NC(=O)C1CCCC1. The smallest absolute Gasteiger partial charge is 0.253 e. The molecule has 0 atom stereocenters. The second-order valence-electron chi connectivity index (χ2n) is 6.90. The van der Waals surface area contributed by atoms with E-state index in [1.54, 1.807) is 0 Å². The van der Waals surface area contributed by atoms with E-state index in [0.717, 1.165) is 69.5 Å². The number of hydrogen-bond donors (Lipinski definition) is 2. The third kappa shape index (κ3) is 3.96. The van der Waals surface area contributed by atoms with Crippen LogP contribution in [0.3, 0.4) is 0 Å². The number of carbonyl (C=O) groups is 2. The molecule has 0 aromatic heterocycles. The van der Waals surface area contributed by atoms with Gasteiger partial charge in [-0.05, 0) is 50.4 Å². The summed E-state index contributed by atoms with van der Waals surface area (Å²) in [4.78, 5) is 27.0. The Hall–Kier alpha value is -1.88. The summed E-state index contributed by atoms with van der Waals surface area (Å²) in [5.74, 6) is 0.273. The van der Waals surface area contributed by atoms with E-state index in [0.29, 0.717) is 5.56 Å². The number of nitrogens with zero attached hydrogens (tertiary/aromatic N) is 1. The summed E-state index contributed by atoms with van der Waals surface area (Å²) >= 11 is 0. The van der Waals surface area contributed by atoms with Gasteiger partial charge in [0.15, 0.2) is 0 Å². The van der Waals surface area contributed by atoms with Gasteiger partial charge >= 0.3 is 0 Å². The van der Waals surface area contributed by atoms with Crippen molar-refractivity contribution in [1.29, 1.82) is 0 Å². The van der Waals surface area contributed by atoms with Crippen LogP contribution in [0.4, 0.5) is 5.69 Å². The number of hydrogen-bond acceptors (Lipinski definition) is 3. The van der Waals surface area contributed by atoms with Crippen LogP contribution < -0.4 is 10.6 Å². The van der Waals surface area contributed by atoms with E-state index in [1.165, 1.54) is 0 Å². The fourth-order valence-electron chi connectivity index (χ4n) is 3.54. The van der Waals surface area contributed by atoms with Crippen LogP contribution in [0.1, 0.15) is 48.0 Å². The summed E-state index contributed by atoms with van der Waals surface area (Å²) in [6, 6.07) is 5.62. The molecule has 0 radical (unpaired) electrons. The highest BCUT2D eigenvalue weighted by Crippen LogP contribution is 2.27. The molecule has 1 heterocycles. The van der Waals surface area contributed by atoms with Gasteiger partial charge in [-0.15, -0.1) is 0 Å². The van der Waals surface area contributed by atoms with Gasteiger partial charge in [-0.25, -0.2) is 0 Å². The van der Waals surface area contributed by atoms with Gasteiger partial charge in [-0.3, -0.25) is 9.59 Å². The molecular formula is C19H27N3O2. The zero-order chi connectivity index (χ0) is 16.9. The molecule has 2 fully saturated rings. The lowest BCUT2D eigenvalue weighted by Gasteiger charge is -2.21. The third-order valence-electron chi connectivity index (χ3n) is 5.10. The van der Waals surface area contributed by atoms with Crippen LogP contribution in [0.5, 0.6) is 0 Å². The molecule has 24 heavy (non-hydrogen) atoms. The van der Waals surface area contributed by atoms with Gasteiger partial charge in [0, 0.05) is 36.8 Å². The molecule has 1 aliphatic carbocycles. The molecule has 5 heteroatoms. The Morgan fingerprint density at radius 1 is 1.12 bits per heavy atom. The molecule has 5 nitrogen and oxygen atoms in total. The molecule has 2 amide bonds. The Labute approximate surface area is 143 Å². The lowest BCUT2D eigenvalue weighted by molar-refractivity contribution is -0.119. The molecular weight excluding hydrogens is 302 g/mol. The van der Waals surface area contributed by atoms with Crippen molar-refractivity contribution in [3.8, 4) is 0 Å². The van der Waals surface area contributed by atoms with Crippen LogP contribution in [-0.4, -0.2) is 42.9 Å². The molecule has 0 bridgehead atoms.